The van der Waals surface area contributed by atoms with Crippen LogP contribution in [0.15, 0.2) is 12.4 Å². The van der Waals surface area contributed by atoms with E-state index in [0.29, 0.717) is 37.9 Å². The Morgan fingerprint density at radius 1 is 0.595 bits per heavy atom. The molecular weight excluding hydrogens is 1290 g/mol. The number of carbonyl (C=O) groups is 2. The summed E-state index contributed by atoms with van der Waals surface area (Å²) in [5, 5.41) is 3.32. The summed E-state index contributed by atoms with van der Waals surface area (Å²) in [6.45, 7) is 29.0. The van der Waals surface area contributed by atoms with Crippen molar-refractivity contribution in [2.45, 2.75) is 140 Å². The summed E-state index contributed by atoms with van der Waals surface area (Å²) in [7, 11) is 11.9. The number of pyridine rings is 3. The highest BCUT2D eigenvalue weighted by atomic mass is 35.5. The van der Waals surface area contributed by atoms with Crippen molar-refractivity contribution in [1.82, 2.24) is 30.1 Å². The summed E-state index contributed by atoms with van der Waals surface area (Å²) in [6, 6.07) is 0. The van der Waals surface area contributed by atoms with E-state index in [-0.39, 0.29) is 57.3 Å². The van der Waals surface area contributed by atoms with E-state index in [0.717, 1.165) is 55.4 Å². The van der Waals surface area contributed by atoms with Crippen molar-refractivity contribution in [1.29, 1.82) is 0 Å². The first kappa shape index (κ1) is 81.8. The van der Waals surface area contributed by atoms with E-state index < -0.39 is 27.4 Å². The maximum Gasteiger partial charge on any atom is 0.410 e. The normalized spacial score (nSPS) is 11.4. The predicted molar refractivity (Wildman–Crippen MR) is 377 cm³/mol. The van der Waals surface area contributed by atoms with Crippen LogP contribution in [0.25, 0.3) is 0 Å². The van der Waals surface area contributed by atoms with Gasteiger partial charge in [-0.05, 0) is 250 Å². The third kappa shape index (κ3) is 31.9. The number of hydrogen-bond donors (Lipinski definition) is 1. The highest BCUT2D eigenvalue weighted by Crippen LogP contribution is 3.04. The molecule has 0 aliphatic carbocycles. The molecule has 6 rings (SSSR count). The van der Waals surface area contributed by atoms with Gasteiger partial charge in [0, 0.05) is 48.1 Å². The second-order valence-corrected chi connectivity index (χ2v) is 51.3. The van der Waals surface area contributed by atoms with E-state index in [1.54, 1.807) is 39.5 Å². The fraction of sp³-hybridized carbons (Fsp3) is 0.373. The minimum Gasteiger partial charge on any atom is -0.444 e. The van der Waals surface area contributed by atoms with Gasteiger partial charge >= 0.3 is 22.3 Å². The molecule has 0 saturated heterocycles. The Morgan fingerprint density at radius 3 is 1.32 bits per heavy atom. The van der Waals surface area contributed by atoms with E-state index in [2.05, 4.69) is 193 Å². The van der Waals surface area contributed by atoms with Crippen LogP contribution in [0, 0.1) is 161 Å². The van der Waals surface area contributed by atoms with Crippen molar-refractivity contribution in [3.8, 4) is 126 Å². The average molecular weight is 1360 g/mol. The van der Waals surface area contributed by atoms with E-state index in [1.165, 1.54) is 32.7 Å². The minimum atomic E-state index is -3.69. The Hall–Kier alpha value is -4.25. The van der Waals surface area contributed by atoms with Gasteiger partial charge in [0.25, 0.3) is 0 Å². The molecule has 0 bridgehead atoms. The van der Waals surface area contributed by atoms with E-state index in [1.807, 2.05) is 47.0 Å². The number of halogens is 2. The van der Waals surface area contributed by atoms with Gasteiger partial charge in [0.1, 0.15) is 11.2 Å². The summed E-state index contributed by atoms with van der Waals surface area (Å²) in [5.74, 6) is 40.5. The molecule has 84 heavy (non-hydrogen) atoms. The average Bonchev–Trinajstić information content (AvgIpc) is 3.48. The number of aryl methyl sites for hydroxylation is 3. The molecule has 0 aromatic carbocycles. The minimum absolute atomic E-state index is 0. The molecule has 2 amide bonds. The second-order valence-electron chi connectivity index (χ2n) is 19.1. The molecule has 13 nitrogen and oxygen atoms in total. The van der Waals surface area contributed by atoms with Crippen LogP contribution in [0.2, 0.25) is 0 Å². The second kappa shape index (κ2) is 41.8. The molecule has 0 fully saturated rings. The largest absolute Gasteiger partial charge is 0.444 e. The third-order valence-corrected chi connectivity index (χ3v) is 55.2. The Morgan fingerprint density at radius 2 is 0.952 bits per heavy atom. The fourth-order valence-electron chi connectivity index (χ4n) is 6.66. The molecule has 446 valence electrons. The Balaban J connectivity index is 0. The highest BCUT2D eigenvalue weighted by Gasteiger charge is 2.33. The molecule has 3 aromatic rings. The lowest BCUT2D eigenvalue weighted by molar-refractivity contribution is 0.0231. The zero-order chi connectivity index (χ0) is 62.4. The molecule has 6 unspecified atom stereocenters. The number of nitrogens with zero attached hydrogens (tertiary/aromatic N) is 5. The molecular formula is C59H73Cl2N6O7P9S. The lowest BCUT2D eigenvalue weighted by atomic mass is 10.1. The van der Waals surface area contributed by atoms with Crippen LogP contribution >= 0.6 is 98.4 Å². The molecule has 6 atom stereocenters. The zero-order valence-electron chi connectivity index (χ0n) is 49.7. The Labute approximate surface area is 530 Å². The lowest BCUT2D eigenvalue weighted by Crippen LogP contribution is -2.33. The van der Waals surface area contributed by atoms with Crippen LogP contribution in [0.4, 0.5) is 9.59 Å². The standard InChI is InChI=1S/C18H2.C15H22N2O5S.C14H20N2O2.C9H12N2.C3H4.2ClH.H11P9/c1-3-5-7-9-11-13-15-17-18-16-14-12-10-8-6-4-2;1-9-10(2)16-13(22-23(6,19)20)12-8-17(7-11(9)12)14(18)21-15(3,4)5;1-9-10(2)15-6-11-7-16(8-12(9)11)13(17)18-14(3,4)5;1-6-7(2)11-4-8-3-10-5-9(6)8;1-3-2;;;1-6-9(7(2)3)8(4)5/h1-2H;7-8H2,1-6H3;6H,7-8H2,1-5H3;4,10H,3,5H2,1-2H3;1H,2H3;2*1H;6H,1-5H2. The number of rotatable bonds is 5. The van der Waals surface area contributed by atoms with Gasteiger partial charge in [-0.1, -0.05) is 7.96 Å². The van der Waals surface area contributed by atoms with Crippen LogP contribution in [0.1, 0.15) is 116 Å². The van der Waals surface area contributed by atoms with Crippen LogP contribution in [0.5, 0.6) is 5.88 Å². The Kier molecular flexibility index (Phi) is 40.7. The fourth-order valence-corrected chi connectivity index (χ4v) is 68.2. The molecule has 0 saturated carbocycles. The van der Waals surface area contributed by atoms with Gasteiger partial charge in [-0.2, -0.15) is 8.42 Å². The molecule has 25 heteroatoms. The maximum absolute atomic E-state index is 12.2. The molecule has 3 aromatic heterocycles. The first-order chi connectivity index (χ1) is 38.4. The van der Waals surface area contributed by atoms with Crippen molar-refractivity contribution in [3.05, 3.63) is 79.5 Å². The van der Waals surface area contributed by atoms with Crippen molar-refractivity contribution >= 4 is 121 Å². The molecule has 3 aliphatic rings. The smallest absolute Gasteiger partial charge is 0.410 e. The van der Waals surface area contributed by atoms with E-state index in [9.17, 15) is 18.0 Å². The number of aromatic nitrogens is 3. The van der Waals surface area contributed by atoms with Crippen molar-refractivity contribution in [2.75, 3.05) is 6.26 Å². The van der Waals surface area contributed by atoms with Gasteiger partial charge in [-0.25, -0.2) is 14.6 Å². The number of hydrogen-bond acceptors (Lipinski definition) is 11. The first-order valence-electron chi connectivity index (χ1n) is 24.4. The van der Waals surface area contributed by atoms with E-state index in [4.69, 9.17) is 26.5 Å². The van der Waals surface area contributed by atoms with Gasteiger partial charge in [0.15, 0.2) is 0 Å². The highest BCUT2D eigenvalue weighted by molar-refractivity contribution is 9.10. The summed E-state index contributed by atoms with van der Waals surface area (Å²) in [6.07, 6.45) is 18.5. The van der Waals surface area contributed by atoms with Gasteiger partial charge in [0.2, 0.25) is 5.88 Å². The topological polar surface area (TPSA) is 153 Å². The molecule has 0 spiro atoms. The van der Waals surface area contributed by atoms with Crippen molar-refractivity contribution in [2.24, 2.45) is 0 Å². The maximum atomic E-state index is 12.2. The molecule has 0 radical (unpaired) electrons. The number of amides is 2. The van der Waals surface area contributed by atoms with Gasteiger partial charge < -0.3 is 19.0 Å². The summed E-state index contributed by atoms with van der Waals surface area (Å²) >= 11 is 0. The van der Waals surface area contributed by atoms with Crippen molar-refractivity contribution < 1.29 is 31.7 Å². The first-order valence-corrected chi connectivity index (χ1v) is 41.8. The number of nitrogens with one attached hydrogen (secondary N) is 1. The Bertz CT molecular complexity index is 3450. The monoisotopic (exact) mass is 1360 g/mol. The van der Waals surface area contributed by atoms with Gasteiger partial charge in [0.05, 0.1) is 32.4 Å². The van der Waals surface area contributed by atoms with E-state index >= 15 is 0 Å². The van der Waals surface area contributed by atoms with Crippen LogP contribution < -0.4 is 9.50 Å². The number of terminal acetylenes is 3. The molecule has 6 heterocycles. The molecule has 3 aliphatic heterocycles. The lowest BCUT2D eigenvalue weighted by Gasteiger charge is -2.24. The zero-order valence-corrected chi connectivity index (χ0v) is 61.6. The predicted octanol–water partition coefficient (Wildman–Crippen LogP) is 13.1. The van der Waals surface area contributed by atoms with Gasteiger partial charge in [-0.15, -0.1) is 94.6 Å². The van der Waals surface area contributed by atoms with Crippen LogP contribution in [-0.2, 0) is 58.9 Å². The van der Waals surface area contributed by atoms with Crippen LogP contribution in [-0.4, -0.2) is 62.8 Å². The summed E-state index contributed by atoms with van der Waals surface area (Å²) in [5.41, 5.74) is 11.9. The van der Waals surface area contributed by atoms with Crippen LogP contribution in [0.3, 0.4) is 0 Å². The van der Waals surface area contributed by atoms with Crippen molar-refractivity contribution in [3.63, 3.8) is 0 Å². The number of ether oxygens (including phenoxy) is 2. The summed E-state index contributed by atoms with van der Waals surface area (Å²) in [4.78, 5) is 40.4. The quantitative estimate of drug-likeness (QED) is 0.148. The number of fused-ring (bicyclic) bond motifs is 3. The van der Waals surface area contributed by atoms with Gasteiger partial charge in [-0.3, -0.25) is 19.8 Å². The summed E-state index contributed by atoms with van der Waals surface area (Å²) < 4.78 is 38.6. The number of carbonyl (C=O) groups excluding carboxylic acids is 2. The SMILES string of the molecule is C#CC.C#CC#CC#CC#CC#CC#CC#CC#CC#C.Cc1nc(OS(C)(=O)=O)c2c(c1C)CN(C(=O)OC(C)(C)C)C2.Cc1ncc2c(c1C)CN(C(=O)OC(C)(C)C)C2.Cc1ncc2c(c1C)CNC2.Cl.Cl.PPP(P(P)P)P(P)P. The molecule has 1 N–H and O–H groups in total. The third-order valence-electron chi connectivity index (χ3n) is 10.5.